The molecule has 2 aromatic heterocycles. The molecule has 2 rings (SSSR count). The third-order valence-electron chi connectivity index (χ3n) is 3.53. The highest BCUT2D eigenvalue weighted by atomic mass is 16.5. The predicted octanol–water partition coefficient (Wildman–Crippen LogP) is 2.48. The molecular weight excluding hydrogens is 264 g/mol. The van der Waals surface area contributed by atoms with Gasteiger partial charge in [0.25, 0.3) is 0 Å². The van der Waals surface area contributed by atoms with Crippen molar-refractivity contribution in [2.75, 3.05) is 13.7 Å². The molecule has 5 heteroatoms. The molecule has 0 bridgehead atoms. The van der Waals surface area contributed by atoms with Crippen molar-refractivity contribution in [1.29, 1.82) is 0 Å². The van der Waals surface area contributed by atoms with E-state index in [1.165, 1.54) is 0 Å². The second-order valence-electron chi connectivity index (χ2n) is 5.08. The van der Waals surface area contributed by atoms with Crippen LogP contribution >= 0.6 is 0 Å². The Bertz CT molecular complexity index is 579. The molecular formula is C16H24N4O. The summed E-state index contributed by atoms with van der Waals surface area (Å²) < 4.78 is 7.24. The van der Waals surface area contributed by atoms with Crippen LogP contribution in [0, 0.1) is 0 Å². The fraction of sp³-hybridized carbons (Fsp3) is 0.500. The summed E-state index contributed by atoms with van der Waals surface area (Å²) in [6.07, 6.45) is 5.62. The van der Waals surface area contributed by atoms with Crippen molar-refractivity contribution in [3.8, 4) is 5.75 Å². The van der Waals surface area contributed by atoms with Crippen molar-refractivity contribution in [3.05, 3.63) is 41.5 Å². The van der Waals surface area contributed by atoms with Gasteiger partial charge in [0.05, 0.1) is 30.7 Å². The van der Waals surface area contributed by atoms with E-state index in [4.69, 9.17) is 4.74 Å². The average molecular weight is 288 g/mol. The molecule has 2 aromatic rings. The summed E-state index contributed by atoms with van der Waals surface area (Å²) in [6.45, 7) is 5.22. The fourth-order valence-electron chi connectivity index (χ4n) is 2.37. The molecule has 2 heterocycles. The Balaban J connectivity index is 2.38. The molecule has 1 N–H and O–H groups in total. The molecule has 0 fully saturated rings. The Kier molecular flexibility index (Phi) is 5.33. The first kappa shape index (κ1) is 15.5. The van der Waals surface area contributed by atoms with Gasteiger partial charge in [0.15, 0.2) is 0 Å². The van der Waals surface area contributed by atoms with E-state index in [1.807, 2.05) is 24.0 Å². The first-order valence-electron chi connectivity index (χ1n) is 7.44. The number of methoxy groups -OCH3 is 1. The Hall–Kier alpha value is -1.88. The van der Waals surface area contributed by atoms with Crippen LogP contribution in [0.3, 0.4) is 0 Å². The van der Waals surface area contributed by atoms with Crippen LogP contribution in [0.25, 0.3) is 0 Å². The van der Waals surface area contributed by atoms with Gasteiger partial charge in [-0.25, -0.2) is 0 Å². The van der Waals surface area contributed by atoms with Crippen LogP contribution in [-0.4, -0.2) is 28.4 Å². The molecule has 0 aliphatic rings. The number of aryl methyl sites for hydroxylation is 2. The molecule has 5 nitrogen and oxygen atoms in total. The highest BCUT2D eigenvalue weighted by Crippen LogP contribution is 2.24. The Morgan fingerprint density at radius 2 is 2.10 bits per heavy atom. The Morgan fingerprint density at radius 3 is 2.71 bits per heavy atom. The second-order valence-corrected chi connectivity index (χ2v) is 5.08. The van der Waals surface area contributed by atoms with Gasteiger partial charge in [-0.05, 0) is 37.1 Å². The first-order chi connectivity index (χ1) is 10.2. The van der Waals surface area contributed by atoms with Crippen molar-refractivity contribution in [2.45, 2.75) is 32.7 Å². The van der Waals surface area contributed by atoms with E-state index in [0.717, 1.165) is 42.1 Å². The maximum absolute atomic E-state index is 5.29. The van der Waals surface area contributed by atoms with Crippen LogP contribution in [0.2, 0.25) is 0 Å². The van der Waals surface area contributed by atoms with E-state index < -0.39 is 0 Å². The summed E-state index contributed by atoms with van der Waals surface area (Å²) in [5.74, 6) is 0.772. The fourth-order valence-corrected chi connectivity index (χ4v) is 2.37. The van der Waals surface area contributed by atoms with Gasteiger partial charge in [0.1, 0.15) is 5.75 Å². The maximum atomic E-state index is 5.29. The third kappa shape index (κ3) is 3.61. The minimum atomic E-state index is 0.0744. The van der Waals surface area contributed by atoms with Crippen molar-refractivity contribution >= 4 is 0 Å². The highest BCUT2D eigenvalue weighted by molar-refractivity contribution is 5.32. The van der Waals surface area contributed by atoms with E-state index in [9.17, 15) is 0 Å². The lowest BCUT2D eigenvalue weighted by molar-refractivity contribution is 0.411. The van der Waals surface area contributed by atoms with Gasteiger partial charge >= 0.3 is 0 Å². The molecule has 1 unspecified atom stereocenters. The lowest BCUT2D eigenvalue weighted by Gasteiger charge is -2.19. The molecule has 0 amide bonds. The number of aromatic nitrogens is 3. The molecule has 114 valence electrons. The van der Waals surface area contributed by atoms with E-state index in [2.05, 4.69) is 35.3 Å². The summed E-state index contributed by atoms with van der Waals surface area (Å²) in [5, 5.41) is 8.13. The lowest BCUT2D eigenvalue weighted by Crippen LogP contribution is -2.25. The normalized spacial score (nSPS) is 12.4. The number of hydrogen-bond donors (Lipinski definition) is 1. The van der Waals surface area contributed by atoms with Crippen LogP contribution in [0.5, 0.6) is 5.75 Å². The van der Waals surface area contributed by atoms with Crippen molar-refractivity contribution in [2.24, 2.45) is 7.05 Å². The Morgan fingerprint density at radius 1 is 1.29 bits per heavy atom. The van der Waals surface area contributed by atoms with Gasteiger partial charge in [-0.15, -0.1) is 0 Å². The molecule has 0 aliphatic carbocycles. The molecule has 21 heavy (non-hydrogen) atoms. The smallest absolute Gasteiger partial charge is 0.137 e. The second kappa shape index (κ2) is 7.22. The van der Waals surface area contributed by atoms with E-state index in [1.54, 1.807) is 13.3 Å². The maximum Gasteiger partial charge on any atom is 0.137 e. The van der Waals surface area contributed by atoms with Gasteiger partial charge in [0, 0.05) is 13.2 Å². The zero-order valence-corrected chi connectivity index (χ0v) is 13.3. The van der Waals surface area contributed by atoms with Gasteiger partial charge in [0.2, 0.25) is 0 Å². The van der Waals surface area contributed by atoms with Crippen LogP contribution < -0.4 is 10.1 Å². The van der Waals surface area contributed by atoms with Gasteiger partial charge in [-0.1, -0.05) is 13.8 Å². The molecule has 0 saturated carbocycles. The zero-order valence-electron chi connectivity index (χ0n) is 13.3. The summed E-state index contributed by atoms with van der Waals surface area (Å²) in [4.78, 5) is 4.27. The van der Waals surface area contributed by atoms with E-state index in [-0.39, 0.29) is 6.04 Å². The quantitative estimate of drug-likeness (QED) is 0.850. The van der Waals surface area contributed by atoms with Crippen molar-refractivity contribution in [3.63, 3.8) is 0 Å². The molecule has 0 aliphatic heterocycles. The van der Waals surface area contributed by atoms with Gasteiger partial charge in [-0.2, -0.15) is 5.10 Å². The average Bonchev–Trinajstić information content (AvgIpc) is 2.89. The van der Waals surface area contributed by atoms with Crippen LogP contribution in [0.1, 0.15) is 43.3 Å². The van der Waals surface area contributed by atoms with Crippen molar-refractivity contribution in [1.82, 2.24) is 20.1 Å². The number of ether oxygens (including phenoxy) is 1. The summed E-state index contributed by atoms with van der Waals surface area (Å²) in [5.41, 5.74) is 3.34. The topological polar surface area (TPSA) is 52.0 Å². The Labute approximate surface area is 126 Å². The SMILES string of the molecule is CCCNC(c1cncc(OC)c1)c1cc(CC)nn1C. The van der Waals surface area contributed by atoms with Gasteiger partial charge < -0.3 is 10.1 Å². The van der Waals surface area contributed by atoms with Gasteiger partial charge in [-0.3, -0.25) is 9.67 Å². The van der Waals surface area contributed by atoms with E-state index in [0.29, 0.717) is 0 Å². The molecule has 0 radical (unpaired) electrons. The number of nitrogens with zero attached hydrogens (tertiary/aromatic N) is 3. The number of hydrogen-bond acceptors (Lipinski definition) is 4. The highest BCUT2D eigenvalue weighted by Gasteiger charge is 2.19. The largest absolute Gasteiger partial charge is 0.495 e. The van der Waals surface area contributed by atoms with Crippen LogP contribution in [0.15, 0.2) is 24.5 Å². The third-order valence-corrected chi connectivity index (χ3v) is 3.53. The summed E-state index contributed by atoms with van der Waals surface area (Å²) in [6, 6.07) is 4.26. The molecule has 0 spiro atoms. The standard InChI is InChI=1S/C16H24N4O/c1-5-7-18-16(12-8-14(21-4)11-17-10-12)15-9-13(6-2)19-20(15)3/h8-11,16,18H,5-7H2,1-4H3. The van der Waals surface area contributed by atoms with E-state index >= 15 is 0 Å². The number of pyridine rings is 1. The predicted molar refractivity (Wildman–Crippen MR) is 83.5 cm³/mol. The minimum Gasteiger partial charge on any atom is -0.495 e. The lowest BCUT2D eigenvalue weighted by atomic mass is 10.0. The summed E-state index contributed by atoms with van der Waals surface area (Å²) >= 11 is 0. The molecule has 0 aromatic carbocycles. The van der Waals surface area contributed by atoms with Crippen molar-refractivity contribution < 1.29 is 4.74 Å². The van der Waals surface area contributed by atoms with Crippen LogP contribution in [-0.2, 0) is 13.5 Å². The van der Waals surface area contributed by atoms with Crippen LogP contribution in [0.4, 0.5) is 0 Å². The number of rotatable bonds is 7. The zero-order chi connectivity index (χ0) is 15.2. The number of nitrogens with one attached hydrogen (secondary N) is 1. The first-order valence-corrected chi connectivity index (χ1v) is 7.44. The monoisotopic (exact) mass is 288 g/mol. The minimum absolute atomic E-state index is 0.0744. The molecule has 1 atom stereocenters. The molecule has 0 saturated heterocycles. The summed E-state index contributed by atoms with van der Waals surface area (Å²) in [7, 11) is 3.65.